The highest BCUT2D eigenvalue weighted by Crippen LogP contribution is 2.23. The summed E-state index contributed by atoms with van der Waals surface area (Å²) in [6, 6.07) is 8.86. The van der Waals surface area contributed by atoms with Crippen LogP contribution in [0.3, 0.4) is 0 Å². The molecule has 2 rings (SSSR count). The molecule has 0 saturated heterocycles. The summed E-state index contributed by atoms with van der Waals surface area (Å²) < 4.78 is 1.10. The smallest absolute Gasteiger partial charge is 0.0693 e. The van der Waals surface area contributed by atoms with E-state index < -0.39 is 0 Å². The van der Waals surface area contributed by atoms with Gasteiger partial charge in [-0.2, -0.15) is 0 Å². The number of hydrogen-bond donors (Lipinski definition) is 2. The molecule has 1 unspecified atom stereocenters. The van der Waals surface area contributed by atoms with Crippen molar-refractivity contribution in [1.82, 2.24) is 5.32 Å². The number of aliphatic hydroxyl groups excluding tert-OH is 1. The molecule has 0 radical (unpaired) electrons. The predicted octanol–water partition coefficient (Wildman–Crippen LogP) is 3.01. The topological polar surface area (TPSA) is 32.3 Å². The number of hydrogen-bond acceptors (Lipinski definition) is 2. The van der Waals surface area contributed by atoms with Crippen molar-refractivity contribution in [2.75, 3.05) is 0 Å². The first kappa shape index (κ1) is 12.1. The monoisotopic (exact) mass is 283 g/mol. The van der Waals surface area contributed by atoms with Crippen molar-refractivity contribution in [1.29, 1.82) is 0 Å². The molecule has 2 nitrogen and oxygen atoms in total. The van der Waals surface area contributed by atoms with E-state index in [0.717, 1.165) is 23.7 Å². The van der Waals surface area contributed by atoms with E-state index >= 15 is 0 Å². The Morgan fingerprint density at radius 1 is 1.44 bits per heavy atom. The largest absolute Gasteiger partial charge is 0.392 e. The fourth-order valence-electron chi connectivity index (χ4n) is 2.33. The SMILES string of the molecule is CC(N[C@@H]1CCC[C@H]1O)c1cccc(Br)c1. The van der Waals surface area contributed by atoms with Crippen molar-refractivity contribution >= 4 is 15.9 Å². The standard InChI is InChI=1S/C13H18BrNO/c1-9(10-4-2-5-11(14)8-10)15-12-6-3-7-13(12)16/h2,4-5,8-9,12-13,15-16H,3,6-7H2,1H3/t9?,12-,13-/m1/s1. The van der Waals surface area contributed by atoms with Gasteiger partial charge in [-0.25, -0.2) is 0 Å². The first-order valence-electron chi connectivity index (χ1n) is 5.86. The van der Waals surface area contributed by atoms with E-state index in [1.54, 1.807) is 0 Å². The van der Waals surface area contributed by atoms with Crippen LogP contribution in [-0.2, 0) is 0 Å². The maximum atomic E-state index is 9.77. The number of aliphatic hydroxyl groups is 1. The van der Waals surface area contributed by atoms with Crippen LogP contribution >= 0.6 is 15.9 Å². The predicted molar refractivity (Wildman–Crippen MR) is 69.3 cm³/mol. The van der Waals surface area contributed by atoms with Crippen LogP contribution in [0.1, 0.15) is 37.8 Å². The van der Waals surface area contributed by atoms with Crippen molar-refractivity contribution in [3.8, 4) is 0 Å². The van der Waals surface area contributed by atoms with Crippen LogP contribution < -0.4 is 5.32 Å². The van der Waals surface area contributed by atoms with Crippen LogP contribution in [-0.4, -0.2) is 17.3 Å². The highest BCUT2D eigenvalue weighted by molar-refractivity contribution is 9.10. The summed E-state index contributed by atoms with van der Waals surface area (Å²) in [6.07, 6.45) is 2.97. The van der Waals surface area contributed by atoms with Crippen LogP contribution in [0.4, 0.5) is 0 Å². The second-order valence-electron chi connectivity index (χ2n) is 4.55. The zero-order valence-electron chi connectivity index (χ0n) is 9.49. The third kappa shape index (κ3) is 2.84. The normalized spacial score (nSPS) is 26.9. The summed E-state index contributed by atoms with van der Waals surface area (Å²) in [6.45, 7) is 2.15. The molecular formula is C13H18BrNO. The van der Waals surface area contributed by atoms with Gasteiger partial charge in [-0.15, -0.1) is 0 Å². The molecule has 0 aliphatic heterocycles. The summed E-state index contributed by atoms with van der Waals surface area (Å²) in [4.78, 5) is 0. The van der Waals surface area contributed by atoms with Gasteiger partial charge in [-0.05, 0) is 43.9 Å². The summed E-state index contributed by atoms with van der Waals surface area (Å²) >= 11 is 3.48. The Morgan fingerprint density at radius 2 is 2.25 bits per heavy atom. The first-order chi connectivity index (χ1) is 7.66. The molecule has 16 heavy (non-hydrogen) atoms. The van der Waals surface area contributed by atoms with Gasteiger partial charge in [0.1, 0.15) is 0 Å². The lowest BCUT2D eigenvalue weighted by atomic mass is 10.1. The molecule has 1 aromatic carbocycles. The number of nitrogens with one attached hydrogen (secondary N) is 1. The first-order valence-corrected chi connectivity index (χ1v) is 6.65. The van der Waals surface area contributed by atoms with Crippen molar-refractivity contribution < 1.29 is 5.11 Å². The van der Waals surface area contributed by atoms with Crippen molar-refractivity contribution in [3.05, 3.63) is 34.3 Å². The second-order valence-corrected chi connectivity index (χ2v) is 5.46. The molecule has 1 fully saturated rings. The zero-order chi connectivity index (χ0) is 11.5. The van der Waals surface area contributed by atoms with E-state index in [-0.39, 0.29) is 18.2 Å². The van der Waals surface area contributed by atoms with Gasteiger partial charge in [0.2, 0.25) is 0 Å². The highest BCUT2D eigenvalue weighted by Gasteiger charge is 2.26. The molecular weight excluding hydrogens is 266 g/mol. The van der Waals surface area contributed by atoms with Gasteiger partial charge in [0.05, 0.1) is 6.10 Å². The second kappa shape index (κ2) is 5.30. The Hall–Kier alpha value is -0.380. The fourth-order valence-corrected chi connectivity index (χ4v) is 2.75. The van der Waals surface area contributed by atoms with Crippen LogP contribution in [0, 0.1) is 0 Å². The maximum Gasteiger partial charge on any atom is 0.0693 e. The minimum atomic E-state index is -0.172. The Balaban J connectivity index is 1.99. The third-order valence-corrected chi connectivity index (χ3v) is 3.79. The molecule has 0 amide bonds. The van der Waals surface area contributed by atoms with Gasteiger partial charge in [-0.3, -0.25) is 0 Å². The fraction of sp³-hybridized carbons (Fsp3) is 0.538. The molecule has 1 aromatic rings. The zero-order valence-corrected chi connectivity index (χ0v) is 11.1. The molecule has 1 aliphatic carbocycles. The molecule has 0 heterocycles. The molecule has 0 aromatic heterocycles. The molecule has 3 heteroatoms. The molecule has 1 saturated carbocycles. The lowest BCUT2D eigenvalue weighted by Gasteiger charge is -2.22. The Kier molecular flexibility index (Phi) is 4.00. The van der Waals surface area contributed by atoms with Crippen molar-refractivity contribution in [2.24, 2.45) is 0 Å². The van der Waals surface area contributed by atoms with Crippen LogP contribution in [0.15, 0.2) is 28.7 Å². The Bertz CT molecular complexity index is 356. The van der Waals surface area contributed by atoms with Gasteiger partial charge in [0.25, 0.3) is 0 Å². The third-order valence-electron chi connectivity index (χ3n) is 3.29. The minimum absolute atomic E-state index is 0.172. The molecule has 3 atom stereocenters. The van der Waals surface area contributed by atoms with E-state index in [1.165, 1.54) is 5.56 Å². The summed E-state index contributed by atoms with van der Waals surface area (Å²) in [5, 5.41) is 13.3. The number of benzene rings is 1. The van der Waals surface area contributed by atoms with Gasteiger partial charge in [-0.1, -0.05) is 28.1 Å². The minimum Gasteiger partial charge on any atom is -0.392 e. The molecule has 0 spiro atoms. The van der Waals surface area contributed by atoms with Crippen LogP contribution in [0.25, 0.3) is 0 Å². The average Bonchev–Trinajstić information content (AvgIpc) is 2.64. The molecule has 88 valence electrons. The van der Waals surface area contributed by atoms with Crippen molar-refractivity contribution in [2.45, 2.75) is 44.4 Å². The Morgan fingerprint density at radius 3 is 2.88 bits per heavy atom. The number of rotatable bonds is 3. The van der Waals surface area contributed by atoms with Crippen LogP contribution in [0.2, 0.25) is 0 Å². The lowest BCUT2D eigenvalue weighted by Crippen LogP contribution is -2.37. The van der Waals surface area contributed by atoms with E-state index in [4.69, 9.17) is 0 Å². The van der Waals surface area contributed by atoms with Crippen LogP contribution in [0.5, 0.6) is 0 Å². The molecule has 0 bridgehead atoms. The van der Waals surface area contributed by atoms with E-state index in [9.17, 15) is 5.11 Å². The van der Waals surface area contributed by atoms with Gasteiger partial charge in [0.15, 0.2) is 0 Å². The highest BCUT2D eigenvalue weighted by atomic mass is 79.9. The van der Waals surface area contributed by atoms with Gasteiger partial charge in [0, 0.05) is 16.6 Å². The Labute approximate surface area is 105 Å². The molecule has 1 aliphatic rings. The number of halogens is 1. The van der Waals surface area contributed by atoms with E-state index in [2.05, 4.69) is 40.3 Å². The summed E-state index contributed by atoms with van der Waals surface area (Å²) in [5.41, 5.74) is 1.26. The quantitative estimate of drug-likeness (QED) is 0.894. The average molecular weight is 284 g/mol. The summed E-state index contributed by atoms with van der Waals surface area (Å²) in [5.74, 6) is 0. The van der Waals surface area contributed by atoms with E-state index in [1.807, 2.05) is 12.1 Å². The molecule has 2 N–H and O–H groups in total. The lowest BCUT2D eigenvalue weighted by molar-refractivity contribution is 0.144. The van der Waals surface area contributed by atoms with Gasteiger partial charge >= 0.3 is 0 Å². The van der Waals surface area contributed by atoms with Gasteiger partial charge < -0.3 is 10.4 Å². The maximum absolute atomic E-state index is 9.77. The van der Waals surface area contributed by atoms with E-state index in [0.29, 0.717) is 0 Å². The van der Waals surface area contributed by atoms with Crippen molar-refractivity contribution in [3.63, 3.8) is 0 Å². The summed E-state index contributed by atoms with van der Waals surface area (Å²) in [7, 11) is 0.